The summed E-state index contributed by atoms with van der Waals surface area (Å²) in [7, 11) is 0. The van der Waals surface area contributed by atoms with Crippen LogP contribution in [-0.2, 0) is 29.0 Å². The molecule has 1 aliphatic carbocycles. The van der Waals surface area contributed by atoms with Gasteiger partial charge in [-0.15, -0.1) is 0 Å². The maximum Gasteiger partial charge on any atom is 0.267 e. The molecule has 2 amide bonds. The SMILES string of the molecule is CCCN(C=O)Cc1ncc(-c2ccc(-c3ccc4c(c3)CCc3[nH]c([C@@H]5CC(F)(F)CN5C(=O)[C@@H](c5ccccc5)N(CC)CC)nc3-4)cc2)[nH]1. The first-order valence-electron chi connectivity index (χ1n) is 18.2. The van der Waals surface area contributed by atoms with Crippen LogP contribution in [0.5, 0.6) is 0 Å². The third-order valence-corrected chi connectivity index (χ3v) is 10.4. The average molecular weight is 706 g/mol. The number of aromatic amines is 2. The summed E-state index contributed by atoms with van der Waals surface area (Å²) in [6, 6.07) is 22.5. The van der Waals surface area contributed by atoms with Crippen LogP contribution in [0.4, 0.5) is 8.78 Å². The van der Waals surface area contributed by atoms with Crippen molar-refractivity contribution in [1.29, 1.82) is 0 Å². The van der Waals surface area contributed by atoms with Crippen molar-refractivity contribution in [3.63, 3.8) is 0 Å². The summed E-state index contributed by atoms with van der Waals surface area (Å²) in [6.45, 7) is 7.72. The summed E-state index contributed by atoms with van der Waals surface area (Å²) in [5, 5.41) is 0. The molecule has 0 bridgehead atoms. The van der Waals surface area contributed by atoms with Crippen molar-refractivity contribution < 1.29 is 18.4 Å². The first kappa shape index (κ1) is 35.3. The van der Waals surface area contributed by atoms with Gasteiger partial charge in [0.2, 0.25) is 12.3 Å². The Morgan fingerprint density at radius 1 is 0.981 bits per heavy atom. The van der Waals surface area contributed by atoms with Crippen LogP contribution in [0.25, 0.3) is 33.6 Å². The van der Waals surface area contributed by atoms with Crippen LogP contribution in [0.2, 0.25) is 0 Å². The number of halogens is 2. The van der Waals surface area contributed by atoms with E-state index in [2.05, 4.69) is 57.4 Å². The lowest BCUT2D eigenvalue weighted by Gasteiger charge is -2.34. The minimum absolute atomic E-state index is 0.327. The van der Waals surface area contributed by atoms with Gasteiger partial charge in [0.15, 0.2) is 0 Å². The predicted molar refractivity (Wildman–Crippen MR) is 197 cm³/mol. The van der Waals surface area contributed by atoms with Gasteiger partial charge < -0.3 is 19.8 Å². The monoisotopic (exact) mass is 705 g/mol. The zero-order valence-corrected chi connectivity index (χ0v) is 29.9. The molecular formula is C41H45F2N7O2. The number of carbonyl (C=O) groups is 2. The Kier molecular flexibility index (Phi) is 10.1. The van der Waals surface area contributed by atoms with Crippen LogP contribution >= 0.6 is 0 Å². The van der Waals surface area contributed by atoms with Crippen molar-refractivity contribution in [2.24, 2.45) is 0 Å². The van der Waals surface area contributed by atoms with Crippen LogP contribution in [0.3, 0.4) is 0 Å². The number of likely N-dealkylation sites (N-methyl/N-ethyl adjacent to an activating group) is 1. The van der Waals surface area contributed by atoms with E-state index in [1.807, 2.05) is 56.0 Å². The van der Waals surface area contributed by atoms with Gasteiger partial charge in [0.1, 0.15) is 17.7 Å². The van der Waals surface area contributed by atoms with Gasteiger partial charge in [0.25, 0.3) is 5.92 Å². The number of nitrogens with one attached hydrogen (secondary N) is 2. The molecule has 2 aromatic heterocycles. The molecule has 0 saturated carbocycles. The number of imidazole rings is 2. The molecule has 0 spiro atoms. The standard InChI is InChI=1S/C41H45F2N7O2/c1-4-20-48(26-51)24-36-44-23-34(45-36)28-14-12-27(13-15-28)30-16-18-32-31(21-30)17-19-33-37(32)47-39(46-33)35-22-41(42,43)25-50(35)40(52)38(49(5-2)6-3)29-10-8-7-9-11-29/h7-16,18,21,23,26,35,38H,4-6,17,19-20,22,24-25H2,1-3H3,(H,44,45)(H,46,47)/t35-,38+/m0/s1. The van der Waals surface area contributed by atoms with E-state index in [4.69, 9.17) is 4.98 Å². The Morgan fingerprint density at radius 3 is 2.42 bits per heavy atom. The van der Waals surface area contributed by atoms with Gasteiger partial charge in [0, 0.05) is 24.2 Å². The Balaban J connectivity index is 1.12. The molecular weight excluding hydrogens is 660 g/mol. The number of benzene rings is 3. The maximum absolute atomic E-state index is 15.2. The first-order valence-corrected chi connectivity index (χ1v) is 18.2. The highest BCUT2D eigenvalue weighted by molar-refractivity contribution is 5.84. The van der Waals surface area contributed by atoms with E-state index in [1.54, 1.807) is 11.1 Å². The summed E-state index contributed by atoms with van der Waals surface area (Å²) < 4.78 is 30.4. The van der Waals surface area contributed by atoms with Crippen molar-refractivity contribution in [3.05, 3.63) is 107 Å². The molecule has 0 unspecified atom stereocenters. The molecule has 270 valence electrons. The van der Waals surface area contributed by atoms with Gasteiger partial charge in [-0.3, -0.25) is 14.5 Å². The molecule has 1 saturated heterocycles. The van der Waals surface area contributed by atoms with E-state index in [1.165, 1.54) is 4.90 Å². The van der Waals surface area contributed by atoms with Crippen molar-refractivity contribution in [1.82, 2.24) is 34.6 Å². The second-order valence-corrected chi connectivity index (χ2v) is 13.8. The quantitative estimate of drug-likeness (QED) is 0.123. The lowest BCUT2D eigenvalue weighted by Crippen LogP contribution is -2.43. The van der Waals surface area contributed by atoms with Crippen LogP contribution < -0.4 is 0 Å². The van der Waals surface area contributed by atoms with Gasteiger partial charge in [-0.2, -0.15) is 0 Å². The number of hydrogen-bond donors (Lipinski definition) is 2. The molecule has 2 N–H and O–H groups in total. The number of amides is 2. The third kappa shape index (κ3) is 7.01. The normalized spacial score (nSPS) is 16.8. The molecule has 5 aromatic rings. The fourth-order valence-electron chi connectivity index (χ4n) is 7.73. The zero-order valence-electron chi connectivity index (χ0n) is 29.9. The summed E-state index contributed by atoms with van der Waals surface area (Å²) in [6.07, 6.45) is 4.54. The van der Waals surface area contributed by atoms with Crippen LogP contribution in [-0.4, -0.2) is 79.1 Å². The molecule has 1 fully saturated rings. The lowest BCUT2D eigenvalue weighted by atomic mass is 9.89. The molecule has 3 aromatic carbocycles. The van der Waals surface area contributed by atoms with Crippen molar-refractivity contribution >= 4 is 12.3 Å². The Hall–Kier alpha value is -5.16. The predicted octanol–water partition coefficient (Wildman–Crippen LogP) is 7.59. The number of rotatable bonds is 13. The summed E-state index contributed by atoms with van der Waals surface area (Å²) in [4.78, 5) is 46.8. The second-order valence-electron chi connectivity index (χ2n) is 13.8. The highest BCUT2D eigenvalue weighted by Gasteiger charge is 2.50. The third-order valence-electron chi connectivity index (χ3n) is 10.4. The fourth-order valence-corrected chi connectivity index (χ4v) is 7.73. The van der Waals surface area contributed by atoms with E-state index in [-0.39, 0.29) is 5.91 Å². The van der Waals surface area contributed by atoms with E-state index in [0.29, 0.717) is 38.4 Å². The Morgan fingerprint density at radius 2 is 1.71 bits per heavy atom. The van der Waals surface area contributed by atoms with Crippen molar-refractivity contribution in [2.45, 2.75) is 71.0 Å². The number of aryl methyl sites for hydroxylation is 2. The molecule has 52 heavy (non-hydrogen) atoms. The minimum atomic E-state index is -3.02. The number of carbonyl (C=O) groups excluding carboxylic acids is 2. The molecule has 0 radical (unpaired) electrons. The fraction of sp³-hybridized carbons (Fsp3) is 0.366. The Labute approximate surface area is 303 Å². The first-order chi connectivity index (χ1) is 25.2. The smallest absolute Gasteiger partial charge is 0.267 e. The molecule has 11 heteroatoms. The maximum atomic E-state index is 15.2. The zero-order chi connectivity index (χ0) is 36.4. The topological polar surface area (TPSA) is 101 Å². The van der Waals surface area contributed by atoms with Gasteiger partial charge in [-0.1, -0.05) is 93.6 Å². The Bertz CT molecular complexity index is 2020. The minimum Gasteiger partial charge on any atom is -0.344 e. The van der Waals surface area contributed by atoms with E-state index < -0.39 is 31.0 Å². The van der Waals surface area contributed by atoms with Crippen molar-refractivity contribution in [2.75, 3.05) is 26.2 Å². The van der Waals surface area contributed by atoms with Crippen LogP contribution in [0.15, 0.2) is 79.0 Å². The molecule has 7 rings (SSSR count). The number of fused-ring (bicyclic) bond motifs is 3. The number of hydrogen-bond acceptors (Lipinski definition) is 5. The summed E-state index contributed by atoms with van der Waals surface area (Å²) >= 11 is 0. The highest BCUT2D eigenvalue weighted by Crippen LogP contribution is 2.44. The highest BCUT2D eigenvalue weighted by atomic mass is 19.3. The van der Waals surface area contributed by atoms with Gasteiger partial charge in [-0.05, 0) is 60.2 Å². The number of nitrogens with zero attached hydrogens (tertiary/aromatic N) is 5. The molecule has 2 aliphatic rings. The summed E-state index contributed by atoms with van der Waals surface area (Å²) in [5.74, 6) is -2.19. The lowest BCUT2D eigenvalue weighted by molar-refractivity contribution is -0.139. The number of H-pyrrole nitrogens is 2. The molecule has 9 nitrogen and oxygen atoms in total. The van der Waals surface area contributed by atoms with Gasteiger partial charge >= 0.3 is 0 Å². The van der Waals surface area contributed by atoms with Crippen molar-refractivity contribution in [3.8, 4) is 33.6 Å². The summed E-state index contributed by atoms with van der Waals surface area (Å²) in [5.41, 5.74) is 8.64. The largest absolute Gasteiger partial charge is 0.344 e. The van der Waals surface area contributed by atoms with Gasteiger partial charge in [-0.25, -0.2) is 18.7 Å². The van der Waals surface area contributed by atoms with E-state index in [0.717, 1.165) is 75.5 Å². The average Bonchev–Trinajstić information content (AvgIpc) is 3.90. The number of aromatic nitrogens is 4. The van der Waals surface area contributed by atoms with E-state index >= 15 is 8.78 Å². The van der Waals surface area contributed by atoms with Gasteiger partial charge in [0.05, 0.1) is 36.7 Å². The van der Waals surface area contributed by atoms with E-state index in [9.17, 15) is 9.59 Å². The molecule has 3 heterocycles. The number of alkyl halides is 2. The van der Waals surface area contributed by atoms with Crippen LogP contribution in [0.1, 0.15) is 74.2 Å². The second kappa shape index (κ2) is 14.8. The molecule has 2 atom stereocenters. The van der Waals surface area contributed by atoms with Crippen LogP contribution in [0, 0.1) is 0 Å². The molecule has 1 aliphatic heterocycles. The number of likely N-dealkylation sites (tertiary alicyclic amines) is 1.